The van der Waals surface area contributed by atoms with Gasteiger partial charge in [-0.1, -0.05) is 41.4 Å². The topological polar surface area (TPSA) is 116 Å². The highest BCUT2D eigenvalue weighted by Gasteiger charge is 2.54. The molecular formula is C35H40Cl2N2O7. The van der Waals surface area contributed by atoms with Crippen LogP contribution in [0.4, 0.5) is 0 Å². The summed E-state index contributed by atoms with van der Waals surface area (Å²) >= 11 is 12.9. The number of carbonyl (C=O) groups excluding carboxylic acids is 2. The van der Waals surface area contributed by atoms with Crippen molar-refractivity contribution >= 4 is 41.0 Å². The maximum absolute atomic E-state index is 14.3. The van der Waals surface area contributed by atoms with Gasteiger partial charge in [0.15, 0.2) is 11.6 Å². The first-order chi connectivity index (χ1) is 21.9. The third kappa shape index (κ3) is 9.15. The van der Waals surface area contributed by atoms with Crippen LogP contribution in [-0.2, 0) is 25.5 Å². The fraction of sp³-hybridized carbons (Fsp3) is 0.400. The van der Waals surface area contributed by atoms with E-state index in [1.807, 2.05) is 24.3 Å². The quantitative estimate of drug-likeness (QED) is 0.149. The molecule has 1 aliphatic heterocycles. The number of hydrogen-bond donors (Lipinski definition) is 2. The highest BCUT2D eigenvalue weighted by atomic mass is 35.5. The summed E-state index contributed by atoms with van der Waals surface area (Å²) in [7, 11) is 1.60. The van der Waals surface area contributed by atoms with Crippen LogP contribution in [0.1, 0.15) is 62.8 Å². The Hall–Kier alpha value is -3.79. The number of methoxy groups -OCH3 is 1. The molecule has 46 heavy (non-hydrogen) atoms. The normalized spacial score (nSPS) is 17.5. The van der Waals surface area contributed by atoms with Gasteiger partial charge >= 0.3 is 5.97 Å². The molecule has 1 amide bonds. The third-order valence-electron chi connectivity index (χ3n) is 7.24. The van der Waals surface area contributed by atoms with E-state index < -0.39 is 29.1 Å². The van der Waals surface area contributed by atoms with Gasteiger partial charge in [0.05, 0.1) is 13.7 Å². The van der Waals surface area contributed by atoms with Crippen molar-refractivity contribution < 1.29 is 33.6 Å². The Morgan fingerprint density at radius 3 is 2.48 bits per heavy atom. The molecule has 0 bridgehead atoms. The summed E-state index contributed by atoms with van der Waals surface area (Å²) in [6.07, 6.45) is -0.0458. The average Bonchev–Trinajstić information content (AvgIpc) is 3.40. The van der Waals surface area contributed by atoms with Gasteiger partial charge in [0.2, 0.25) is 5.90 Å². The number of rotatable bonds is 14. The summed E-state index contributed by atoms with van der Waals surface area (Å²) in [4.78, 5) is 32.2. The van der Waals surface area contributed by atoms with Gasteiger partial charge in [-0.2, -0.15) is 0 Å². The monoisotopic (exact) mass is 670 g/mol. The van der Waals surface area contributed by atoms with E-state index in [1.165, 1.54) is 0 Å². The SMILES string of the molecule is COc1cccc(CCNC(=O)[C@]2(CCC(=O)OC(C)(C)C)N=C(c3ccc(OCCCO)cc3)O[C@@H]2c2ccc(Cl)cc2Cl)c1. The fourth-order valence-corrected chi connectivity index (χ4v) is 5.56. The first-order valence-electron chi connectivity index (χ1n) is 15.1. The van der Waals surface area contributed by atoms with Crippen molar-refractivity contribution in [3.63, 3.8) is 0 Å². The van der Waals surface area contributed by atoms with E-state index in [2.05, 4.69) is 5.32 Å². The Kier molecular flexibility index (Phi) is 11.9. The minimum Gasteiger partial charge on any atom is -0.497 e. The minimum atomic E-state index is -1.58. The van der Waals surface area contributed by atoms with Crippen molar-refractivity contribution in [2.75, 3.05) is 26.9 Å². The number of halogens is 2. The summed E-state index contributed by atoms with van der Waals surface area (Å²) in [6.45, 7) is 6.06. The third-order valence-corrected chi connectivity index (χ3v) is 7.80. The van der Waals surface area contributed by atoms with Crippen LogP contribution in [0.25, 0.3) is 0 Å². The van der Waals surface area contributed by atoms with E-state index >= 15 is 0 Å². The number of nitrogens with one attached hydrogen (secondary N) is 1. The molecule has 4 rings (SSSR count). The number of nitrogens with zero attached hydrogens (tertiary/aromatic N) is 1. The predicted octanol–water partition coefficient (Wildman–Crippen LogP) is 6.50. The van der Waals surface area contributed by atoms with Crippen LogP contribution in [0.5, 0.6) is 11.5 Å². The van der Waals surface area contributed by atoms with Gasteiger partial charge in [0.1, 0.15) is 17.1 Å². The second kappa shape index (κ2) is 15.7. The lowest BCUT2D eigenvalue weighted by molar-refractivity contribution is -0.155. The summed E-state index contributed by atoms with van der Waals surface area (Å²) in [5.41, 5.74) is -0.195. The van der Waals surface area contributed by atoms with Crippen LogP contribution in [0.15, 0.2) is 71.7 Å². The Labute approximate surface area is 279 Å². The van der Waals surface area contributed by atoms with Gasteiger partial charge in [0, 0.05) is 47.2 Å². The first kappa shape index (κ1) is 35.1. The highest BCUT2D eigenvalue weighted by molar-refractivity contribution is 6.35. The van der Waals surface area contributed by atoms with Gasteiger partial charge < -0.3 is 29.4 Å². The molecule has 3 aromatic rings. The van der Waals surface area contributed by atoms with Crippen LogP contribution >= 0.6 is 23.2 Å². The molecule has 0 unspecified atom stereocenters. The molecule has 1 aliphatic rings. The molecule has 0 radical (unpaired) electrons. The van der Waals surface area contributed by atoms with Gasteiger partial charge in [-0.3, -0.25) is 9.59 Å². The Morgan fingerprint density at radius 2 is 1.80 bits per heavy atom. The number of aliphatic hydroxyl groups is 1. The molecule has 9 nitrogen and oxygen atoms in total. The Bertz CT molecular complexity index is 1540. The van der Waals surface area contributed by atoms with Crippen molar-refractivity contribution in [3.8, 4) is 11.5 Å². The Balaban J connectivity index is 1.70. The number of aliphatic imine (C=N–C) groups is 1. The van der Waals surface area contributed by atoms with Crippen LogP contribution < -0.4 is 14.8 Å². The zero-order valence-electron chi connectivity index (χ0n) is 26.5. The smallest absolute Gasteiger partial charge is 0.306 e. The lowest BCUT2D eigenvalue weighted by atomic mass is 9.83. The van der Waals surface area contributed by atoms with Crippen LogP contribution in [0.2, 0.25) is 10.0 Å². The fourth-order valence-electron chi connectivity index (χ4n) is 5.05. The molecule has 11 heteroatoms. The number of carbonyl (C=O) groups is 2. The molecule has 0 aliphatic carbocycles. The van der Waals surface area contributed by atoms with E-state index in [0.717, 1.165) is 11.3 Å². The number of hydrogen-bond acceptors (Lipinski definition) is 8. The number of aliphatic hydroxyl groups excluding tert-OH is 1. The number of ether oxygens (including phenoxy) is 4. The van der Waals surface area contributed by atoms with E-state index in [4.69, 9.17) is 52.2 Å². The van der Waals surface area contributed by atoms with E-state index in [0.29, 0.717) is 52.9 Å². The summed E-state index contributed by atoms with van der Waals surface area (Å²) in [5.74, 6) is 0.655. The molecule has 0 spiro atoms. The number of esters is 1. The minimum absolute atomic E-state index is 0.0115. The molecular weight excluding hydrogens is 631 g/mol. The van der Waals surface area contributed by atoms with Gasteiger partial charge in [-0.25, -0.2) is 4.99 Å². The molecule has 0 saturated carbocycles. The molecule has 3 aromatic carbocycles. The van der Waals surface area contributed by atoms with Gasteiger partial charge in [-0.15, -0.1) is 0 Å². The van der Waals surface area contributed by atoms with Crippen molar-refractivity contribution in [3.05, 3.63) is 93.5 Å². The van der Waals surface area contributed by atoms with Crippen molar-refractivity contribution in [1.29, 1.82) is 0 Å². The second-order valence-corrected chi connectivity index (χ2v) is 12.7. The molecule has 246 valence electrons. The van der Waals surface area contributed by atoms with Gasteiger partial charge in [-0.05, 0) is 87.7 Å². The highest BCUT2D eigenvalue weighted by Crippen LogP contribution is 2.45. The number of benzene rings is 3. The largest absolute Gasteiger partial charge is 0.497 e. The molecule has 2 atom stereocenters. The average molecular weight is 672 g/mol. The van der Waals surface area contributed by atoms with E-state index in [-0.39, 0.29) is 25.3 Å². The summed E-state index contributed by atoms with van der Waals surface area (Å²) < 4.78 is 23.1. The first-order valence-corrected chi connectivity index (χ1v) is 15.9. The molecule has 0 aromatic heterocycles. The van der Waals surface area contributed by atoms with Crippen LogP contribution in [0.3, 0.4) is 0 Å². The van der Waals surface area contributed by atoms with Crippen molar-refractivity contribution in [2.45, 2.75) is 63.7 Å². The molecule has 2 N–H and O–H groups in total. The maximum Gasteiger partial charge on any atom is 0.306 e. The van der Waals surface area contributed by atoms with Crippen LogP contribution in [0, 0.1) is 0 Å². The Morgan fingerprint density at radius 1 is 1.04 bits per heavy atom. The lowest BCUT2D eigenvalue weighted by Gasteiger charge is -2.31. The lowest BCUT2D eigenvalue weighted by Crippen LogP contribution is -2.49. The van der Waals surface area contributed by atoms with Crippen molar-refractivity contribution in [1.82, 2.24) is 5.32 Å². The number of amides is 1. The van der Waals surface area contributed by atoms with Crippen molar-refractivity contribution in [2.24, 2.45) is 4.99 Å². The predicted molar refractivity (Wildman–Crippen MR) is 178 cm³/mol. The van der Waals surface area contributed by atoms with Gasteiger partial charge in [0.25, 0.3) is 5.91 Å². The van der Waals surface area contributed by atoms with E-state index in [1.54, 1.807) is 70.3 Å². The molecule has 1 heterocycles. The van der Waals surface area contributed by atoms with E-state index in [9.17, 15) is 9.59 Å². The molecule has 0 saturated heterocycles. The molecule has 0 fully saturated rings. The standard InChI is InChI=1S/C35H40Cl2N2O7/c1-34(2,3)46-30(41)15-17-35(33(42)38-18-16-23-7-5-8-27(21-23)43-4)31(28-14-11-25(36)22-29(28)37)45-32(39-35)24-9-12-26(13-10-24)44-20-6-19-40/h5,7-14,21-22,31,40H,6,15-20H2,1-4H3,(H,38,42)/t31-,35-/m1/s1. The second-order valence-electron chi connectivity index (χ2n) is 11.9. The maximum atomic E-state index is 14.3. The zero-order chi connectivity index (χ0) is 33.3. The van der Waals surface area contributed by atoms with Crippen LogP contribution in [-0.4, -0.2) is 60.9 Å². The summed E-state index contributed by atoms with van der Waals surface area (Å²) in [5, 5.41) is 12.8. The summed E-state index contributed by atoms with van der Waals surface area (Å²) in [6, 6.07) is 19.6. The zero-order valence-corrected chi connectivity index (χ0v) is 28.0.